The Labute approximate surface area is 287 Å². The maximum absolute atomic E-state index is 12.1. The Hall–Kier alpha value is 0.970. The minimum Gasteiger partial charge on any atom is -0.790 e. The molecular formula is C27H52NNa2O9P. The number of rotatable bonds is 28. The van der Waals surface area contributed by atoms with Gasteiger partial charge in [-0.25, -0.2) is 0 Å². The van der Waals surface area contributed by atoms with Crippen molar-refractivity contribution in [2.75, 3.05) is 33.2 Å². The zero-order valence-electron chi connectivity index (χ0n) is 25.8. The van der Waals surface area contributed by atoms with Gasteiger partial charge in [0.05, 0.1) is 21.0 Å². The number of carbonyl (C=O) groups excluding carboxylic acids is 2. The maximum Gasteiger partial charge on any atom is 1.00 e. The molecule has 0 aromatic rings. The minimum absolute atomic E-state index is 0. The molecule has 0 fully saturated rings. The average molecular weight is 612 g/mol. The molecule has 0 bridgehead atoms. The van der Waals surface area contributed by atoms with Crippen molar-refractivity contribution in [3.8, 4) is 0 Å². The third-order valence-corrected chi connectivity index (χ3v) is 6.48. The van der Waals surface area contributed by atoms with Crippen LogP contribution in [-0.2, 0) is 32.9 Å². The Balaban J connectivity index is -0.00000684. The van der Waals surface area contributed by atoms with Crippen LogP contribution in [0, 0.1) is 0 Å². The molecular weight excluding hydrogens is 559 g/mol. The molecule has 1 N–H and O–H groups in total. The van der Waals surface area contributed by atoms with Crippen LogP contribution in [0.4, 0.5) is 0 Å². The molecule has 0 spiro atoms. The number of esters is 1. The predicted octanol–water partition coefficient (Wildman–Crippen LogP) is -1.47. The van der Waals surface area contributed by atoms with Gasteiger partial charge < -0.3 is 38.4 Å². The molecule has 0 aromatic heterocycles. The van der Waals surface area contributed by atoms with E-state index in [9.17, 15) is 23.9 Å². The van der Waals surface area contributed by atoms with E-state index in [-0.39, 0.29) is 84.8 Å². The summed E-state index contributed by atoms with van der Waals surface area (Å²) in [5.41, 5.74) is 0. The third-order valence-electron chi connectivity index (χ3n) is 6.01. The van der Waals surface area contributed by atoms with E-state index in [1.165, 1.54) is 39.0 Å². The summed E-state index contributed by atoms with van der Waals surface area (Å²) in [6.07, 6.45) is 16.8. The Morgan fingerprint density at radius 1 is 0.750 bits per heavy atom. The number of phosphoric acid groups is 1. The van der Waals surface area contributed by atoms with Gasteiger partial charge in [0.25, 0.3) is 0 Å². The van der Waals surface area contributed by atoms with Crippen molar-refractivity contribution in [2.24, 2.45) is 0 Å². The molecule has 10 nitrogen and oxygen atoms in total. The number of hydrogen-bond donors (Lipinski definition) is 1. The van der Waals surface area contributed by atoms with Gasteiger partial charge in [0.2, 0.25) is 5.91 Å². The Morgan fingerprint density at radius 2 is 1.27 bits per heavy atom. The van der Waals surface area contributed by atoms with Crippen LogP contribution in [0.5, 0.6) is 0 Å². The molecule has 0 saturated carbocycles. The maximum atomic E-state index is 12.1. The van der Waals surface area contributed by atoms with Crippen LogP contribution in [0.2, 0.25) is 0 Å². The van der Waals surface area contributed by atoms with Gasteiger partial charge in [0.1, 0.15) is 12.9 Å². The molecule has 1 atom stereocenters. The van der Waals surface area contributed by atoms with E-state index in [0.29, 0.717) is 13.0 Å². The van der Waals surface area contributed by atoms with E-state index in [0.717, 1.165) is 70.8 Å². The van der Waals surface area contributed by atoms with Gasteiger partial charge in [-0.3, -0.25) is 9.59 Å². The molecule has 0 radical (unpaired) electrons. The molecule has 1 amide bonds. The van der Waals surface area contributed by atoms with Crippen molar-refractivity contribution in [2.45, 2.75) is 129 Å². The van der Waals surface area contributed by atoms with Crippen molar-refractivity contribution in [1.82, 2.24) is 5.32 Å². The molecule has 0 aromatic carbocycles. The van der Waals surface area contributed by atoms with Crippen LogP contribution in [0.25, 0.3) is 0 Å². The van der Waals surface area contributed by atoms with Gasteiger partial charge in [-0.2, -0.15) is 0 Å². The smallest absolute Gasteiger partial charge is 0.790 e. The number of nitrogens with one attached hydrogen (secondary N) is 1. The molecule has 40 heavy (non-hydrogen) atoms. The summed E-state index contributed by atoms with van der Waals surface area (Å²) >= 11 is 0. The number of hydrogen-bond acceptors (Lipinski definition) is 9. The zero-order chi connectivity index (χ0) is 28.3. The summed E-state index contributed by atoms with van der Waals surface area (Å²) in [6.45, 7) is 4.27. The van der Waals surface area contributed by atoms with Gasteiger partial charge in [0, 0.05) is 26.5 Å². The summed E-state index contributed by atoms with van der Waals surface area (Å²) in [5.74, 6) is -0.452. The molecule has 13 heteroatoms. The van der Waals surface area contributed by atoms with Gasteiger partial charge in [0.15, 0.2) is 0 Å². The molecule has 0 heterocycles. The first-order chi connectivity index (χ1) is 18.2. The quantitative estimate of drug-likeness (QED) is 0.0368. The number of carbonyl (C=O) groups is 2. The van der Waals surface area contributed by atoms with E-state index < -0.39 is 26.5 Å². The fraction of sp³-hybridized carbons (Fsp3) is 0.926. The normalized spacial score (nSPS) is 11.8. The number of unbranched alkanes of at least 4 members (excludes halogenated alkanes) is 14. The van der Waals surface area contributed by atoms with Crippen molar-refractivity contribution >= 4 is 19.7 Å². The SMILES string of the molecule is CCCCCCCCCCCC(=O)O[C@H](COCOCCCCCCCCCNC(C)=O)COP(=O)([O-])[O-].[Na+].[Na+]. The Morgan fingerprint density at radius 3 is 1.82 bits per heavy atom. The van der Waals surface area contributed by atoms with E-state index in [1.807, 2.05) is 0 Å². The second-order valence-corrected chi connectivity index (χ2v) is 10.9. The molecule has 0 aliphatic carbocycles. The summed E-state index contributed by atoms with van der Waals surface area (Å²) in [5, 5.41) is 2.79. The molecule has 0 aliphatic heterocycles. The second-order valence-electron chi connectivity index (χ2n) is 9.79. The first-order valence-electron chi connectivity index (χ1n) is 14.5. The van der Waals surface area contributed by atoms with Crippen LogP contribution >= 0.6 is 7.82 Å². The fourth-order valence-corrected chi connectivity index (χ4v) is 4.24. The summed E-state index contributed by atoms with van der Waals surface area (Å²) in [6, 6.07) is 0. The van der Waals surface area contributed by atoms with Crippen LogP contribution in [0.1, 0.15) is 123 Å². The van der Waals surface area contributed by atoms with Crippen molar-refractivity contribution in [3.63, 3.8) is 0 Å². The minimum atomic E-state index is -5.18. The predicted molar refractivity (Wildman–Crippen MR) is 143 cm³/mol. The van der Waals surface area contributed by atoms with E-state index in [4.69, 9.17) is 14.2 Å². The summed E-state index contributed by atoms with van der Waals surface area (Å²) in [4.78, 5) is 44.6. The number of phosphoric ester groups is 1. The Kier molecular flexibility index (Phi) is 37.3. The standard InChI is InChI=1S/C27H54NO9P.2Na/c1-3-4-5-6-7-8-10-13-16-19-27(30)37-26(23-36-38(31,32)33)22-35-24-34-21-18-15-12-9-11-14-17-20-28-25(2)29;;/h26H,3-24H2,1-2H3,(H,28,29)(H2,31,32,33);;/q;2*+1/p-2/t26-;;/m1../s1. The van der Waals surface area contributed by atoms with Crippen LogP contribution < -0.4 is 74.2 Å². The van der Waals surface area contributed by atoms with Crippen molar-refractivity contribution in [3.05, 3.63) is 0 Å². The second kappa shape index (κ2) is 32.9. The zero-order valence-corrected chi connectivity index (χ0v) is 30.6. The van der Waals surface area contributed by atoms with Gasteiger partial charge in [-0.15, -0.1) is 0 Å². The molecule has 0 saturated heterocycles. The molecule has 0 unspecified atom stereocenters. The van der Waals surface area contributed by atoms with E-state index in [1.54, 1.807) is 0 Å². The molecule has 0 aliphatic rings. The third kappa shape index (κ3) is 37.0. The molecule has 226 valence electrons. The van der Waals surface area contributed by atoms with Crippen LogP contribution in [0.15, 0.2) is 0 Å². The topological polar surface area (TPSA) is 146 Å². The monoisotopic (exact) mass is 611 g/mol. The fourth-order valence-electron chi connectivity index (χ4n) is 3.89. The van der Waals surface area contributed by atoms with Gasteiger partial charge in [-0.1, -0.05) is 90.4 Å². The first kappa shape index (κ1) is 45.4. The average Bonchev–Trinajstić information content (AvgIpc) is 2.85. The summed E-state index contributed by atoms with van der Waals surface area (Å²) < 4.78 is 31.2. The van der Waals surface area contributed by atoms with Crippen LogP contribution in [-0.4, -0.2) is 51.1 Å². The largest absolute Gasteiger partial charge is 1.00 e. The Bertz CT molecular complexity index is 627. The summed E-state index contributed by atoms with van der Waals surface area (Å²) in [7, 11) is -5.18. The van der Waals surface area contributed by atoms with Gasteiger partial charge >= 0.3 is 65.1 Å². The number of ether oxygens (including phenoxy) is 3. The van der Waals surface area contributed by atoms with Gasteiger partial charge in [-0.05, 0) is 19.3 Å². The first-order valence-corrected chi connectivity index (χ1v) is 16.0. The molecule has 0 rings (SSSR count). The van der Waals surface area contributed by atoms with Crippen molar-refractivity contribution < 1.29 is 102 Å². The van der Waals surface area contributed by atoms with Crippen molar-refractivity contribution in [1.29, 1.82) is 0 Å². The van der Waals surface area contributed by atoms with E-state index in [2.05, 4.69) is 16.8 Å². The van der Waals surface area contributed by atoms with Crippen LogP contribution in [0.3, 0.4) is 0 Å². The van der Waals surface area contributed by atoms with E-state index >= 15 is 0 Å². The number of amides is 1.